The molecule has 0 aromatic heterocycles. The van der Waals surface area contributed by atoms with Crippen LogP contribution in [0.1, 0.15) is 73.4 Å². The molecule has 1 aromatic carbocycles. The molecule has 0 bridgehead atoms. The number of carbonyl (C=O) groups excluding carboxylic acids is 3. The molecule has 1 atom stereocenters. The Hall–Kier alpha value is -2.54. The molecule has 170 valence electrons. The molecule has 5 rings (SSSR count). The predicted molar refractivity (Wildman–Crippen MR) is 118 cm³/mol. The lowest BCUT2D eigenvalue weighted by Gasteiger charge is -2.46. The Morgan fingerprint density at radius 3 is 2.59 bits per heavy atom. The normalized spacial score (nSPS) is 25.7. The third-order valence-electron chi connectivity index (χ3n) is 7.85. The summed E-state index contributed by atoms with van der Waals surface area (Å²) in [6.45, 7) is 4.98. The molecular weight excluding hydrogens is 409 g/mol. The van der Waals surface area contributed by atoms with E-state index >= 15 is 4.39 Å². The van der Waals surface area contributed by atoms with E-state index in [2.05, 4.69) is 23.2 Å². The van der Waals surface area contributed by atoms with Crippen molar-refractivity contribution < 1.29 is 18.8 Å². The van der Waals surface area contributed by atoms with Crippen molar-refractivity contribution in [1.82, 2.24) is 15.1 Å². The molecule has 1 unspecified atom stereocenters. The summed E-state index contributed by atoms with van der Waals surface area (Å²) in [7, 11) is 0. The Morgan fingerprint density at radius 2 is 1.88 bits per heavy atom. The second-order valence-electron chi connectivity index (χ2n) is 9.64. The van der Waals surface area contributed by atoms with Gasteiger partial charge in [-0.15, -0.1) is 0 Å². The summed E-state index contributed by atoms with van der Waals surface area (Å²) in [6, 6.07) is 2.77. The van der Waals surface area contributed by atoms with Gasteiger partial charge in [0.2, 0.25) is 11.8 Å². The number of nitrogens with one attached hydrogen (secondary N) is 1. The van der Waals surface area contributed by atoms with Crippen molar-refractivity contribution in [3.63, 3.8) is 0 Å². The van der Waals surface area contributed by atoms with Gasteiger partial charge >= 0.3 is 0 Å². The molecule has 4 aliphatic rings. The van der Waals surface area contributed by atoms with Crippen LogP contribution in [0.5, 0.6) is 0 Å². The molecule has 1 N–H and O–H groups in total. The first kappa shape index (κ1) is 21.3. The number of halogens is 1. The van der Waals surface area contributed by atoms with Gasteiger partial charge in [0.1, 0.15) is 11.9 Å². The van der Waals surface area contributed by atoms with Gasteiger partial charge in [-0.1, -0.05) is 38.3 Å². The van der Waals surface area contributed by atoms with Crippen LogP contribution in [-0.4, -0.2) is 53.2 Å². The first-order valence-corrected chi connectivity index (χ1v) is 11.8. The van der Waals surface area contributed by atoms with Gasteiger partial charge in [-0.25, -0.2) is 4.39 Å². The first-order valence-electron chi connectivity index (χ1n) is 11.8. The summed E-state index contributed by atoms with van der Waals surface area (Å²) in [6.07, 6.45) is 8.32. The highest BCUT2D eigenvalue weighted by Crippen LogP contribution is 2.50. The van der Waals surface area contributed by atoms with E-state index in [-0.39, 0.29) is 42.4 Å². The average Bonchev–Trinajstić information content (AvgIpc) is 3.12. The van der Waals surface area contributed by atoms with Crippen molar-refractivity contribution >= 4 is 23.3 Å². The van der Waals surface area contributed by atoms with Gasteiger partial charge in [0, 0.05) is 41.6 Å². The highest BCUT2D eigenvalue weighted by molar-refractivity contribution is 6.05. The second kappa shape index (κ2) is 8.10. The molecule has 3 amide bonds. The fraction of sp³-hybridized carbons (Fsp3) is 0.560. The highest BCUT2D eigenvalue weighted by atomic mass is 19.1. The van der Waals surface area contributed by atoms with Crippen molar-refractivity contribution in [2.24, 2.45) is 5.41 Å². The van der Waals surface area contributed by atoms with Gasteiger partial charge < -0.3 is 4.90 Å². The topological polar surface area (TPSA) is 69.7 Å². The largest absolute Gasteiger partial charge is 0.322 e. The van der Waals surface area contributed by atoms with E-state index in [1.165, 1.54) is 11.3 Å². The van der Waals surface area contributed by atoms with E-state index < -0.39 is 11.9 Å². The molecule has 1 saturated heterocycles. The summed E-state index contributed by atoms with van der Waals surface area (Å²) in [5.41, 5.74) is 2.38. The number of benzene rings is 1. The number of amides is 3. The average molecular weight is 440 g/mol. The van der Waals surface area contributed by atoms with E-state index in [1.807, 2.05) is 0 Å². The Kier molecular flexibility index (Phi) is 5.40. The third-order valence-corrected chi connectivity index (χ3v) is 7.85. The van der Waals surface area contributed by atoms with Crippen LogP contribution in [-0.2, 0) is 16.1 Å². The zero-order chi connectivity index (χ0) is 22.5. The minimum atomic E-state index is -0.729. The monoisotopic (exact) mass is 439 g/mol. The van der Waals surface area contributed by atoms with Crippen LogP contribution in [0.3, 0.4) is 0 Å². The number of rotatable bonds is 3. The molecule has 6 nitrogen and oxygen atoms in total. The number of fused-ring (bicyclic) bond motifs is 1. The number of carbonyl (C=O) groups is 3. The van der Waals surface area contributed by atoms with Crippen LogP contribution in [0.4, 0.5) is 4.39 Å². The smallest absolute Gasteiger partial charge is 0.255 e. The molecule has 32 heavy (non-hydrogen) atoms. The molecule has 1 aromatic rings. The summed E-state index contributed by atoms with van der Waals surface area (Å²) in [5, 5.41) is 2.30. The van der Waals surface area contributed by atoms with Crippen LogP contribution < -0.4 is 5.32 Å². The Labute approximate surface area is 187 Å². The van der Waals surface area contributed by atoms with Crippen LogP contribution >= 0.6 is 0 Å². The van der Waals surface area contributed by atoms with Gasteiger partial charge in [-0.2, -0.15) is 0 Å². The molecule has 3 aliphatic heterocycles. The maximum Gasteiger partial charge on any atom is 0.255 e. The van der Waals surface area contributed by atoms with Crippen molar-refractivity contribution in [2.45, 2.75) is 64.5 Å². The molecule has 3 heterocycles. The van der Waals surface area contributed by atoms with Gasteiger partial charge in [0.25, 0.3) is 5.91 Å². The van der Waals surface area contributed by atoms with E-state index in [0.29, 0.717) is 16.7 Å². The number of piperidine rings is 1. The maximum atomic E-state index is 16.0. The lowest BCUT2D eigenvalue weighted by molar-refractivity contribution is -0.136. The van der Waals surface area contributed by atoms with E-state index in [4.69, 9.17) is 0 Å². The SMILES string of the molecule is CCN1CC=C(c2ccc3c(c2F)CN(C2CCC(=O)NC2=O)C3=O)C2(CCCCC2)C1. The van der Waals surface area contributed by atoms with Crippen molar-refractivity contribution in [1.29, 1.82) is 0 Å². The second-order valence-corrected chi connectivity index (χ2v) is 9.64. The predicted octanol–water partition coefficient (Wildman–Crippen LogP) is 3.26. The number of hydrogen-bond donors (Lipinski definition) is 1. The van der Waals surface area contributed by atoms with E-state index in [9.17, 15) is 14.4 Å². The molecule has 7 heteroatoms. The molecular formula is C25H30FN3O3. The lowest BCUT2D eigenvalue weighted by Crippen LogP contribution is -2.52. The van der Waals surface area contributed by atoms with Crippen molar-refractivity contribution in [3.05, 3.63) is 40.7 Å². The zero-order valence-corrected chi connectivity index (χ0v) is 18.6. The van der Waals surface area contributed by atoms with E-state index in [1.54, 1.807) is 12.1 Å². The first-order chi connectivity index (χ1) is 15.4. The fourth-order valence-electron chi connectivity index (χ4n) is 6.12. The molecule has 1 spiro atoms. The molecule has 1 saturated carbocycles. The standard InChI is InChI=1S/C25H30FN3O3/c1-2-28-13-10-19(25(15-28)11-4-3-5-12-25)17-7-6-16-18(22(17)26)14-29(24(16)32)20-8-9-21(30)27-23(20)31/h6-7,10,20H,2-5,8-9,11-15H2,1H3,(H,27,30,31). The Bertz CT molecular complexity index is 1010. The van der Waals surface area contributed by atoms with E-state index in [0.717, 1.165) is 50.9 Å². The zero-order valence-electron chi connectivity index (χ0n) is 18.6. The van der Waals surface area contributed by atoms with Crippen LogP contribution in [0.25, 0.3) is 5.57 Å². The number of imide groups is 1. The number of nitrogens with zero attached hydrogens (tertiary/aromatic N) is 2. The van der Waals surface area contributed by atoms with Crippen molar-refractivity contribution in [2.75, 3.05) is 19.6 Å². The minimum absolute atomic E-state index is 0.0342. The minimum Gasteiger partial charge on any atom is -0.322 e. The van der Waals surface area contributed by atoms with Crippen LogP contribution in [0.2, 0.25) is 0 Å². The molecule has 2 fully saturated rings. The van der Waals surface area contributed by atoms with Gasteiger partial charge in [-0.3, -0.25) is 24.6 Å². The number of hydrogen-bond acceptors (Lipinski definition) is 4. The summed E-state index contributed by atoms with van der Waals surface area (Å²) in [5.74, 6) is -1.46. The van der Waals surface area contributed by atoms with Crippen LogP contribution in [0.15, 0.2) is 18.2 Å². The lowest BCUT2D eigenvalue weighted by atomic mass is 9.65. The van der Waals surface area contributed by atoms with Crippen molar-refractivity contribution in [3.8, 4) is 0 Å². The van der Waals surface area contributed by atoms with Gasteiger partial charge in [0.15, 0.2) is 0 Å². The Balaban J connectivity index is 1.49. The number of likely N-dealkylation sites (N-methyl/N-ethyl adjacent to an activating group) is 1. The van der Waals surface area contributed by atoms with Crippen LogP contribution in [0, 0.1) is 11.2 Å². The fourth-order valence-corrected chi connectivity index (χ4v) is 6.12. The Morgan fingerprint density at radius 1 is 1.12 bits per heavy atom. The third kappa shape index (κ3) is 3.38. The summed E-state index contributed by atoms with van der Waals surface area (Å²) >= 11 is 0. The molecule has 0 radical (unpaired) electrons. The quantitative estimate of drug-likeness (QED) is 0.734. The highest BCUT2D eigenvalue weighted by Gasteiger charge is 2.43. The van der Waals surface area contributed by atoms with Gasteiger partial charge in [-0.05, 0) is 37.4 Å². The summed E-state index contributed by atoms with van der Waals surface area (Å²) < 4.78 is 16.0. The summed E-state index contributed by atoms with van der Waals surface area (Å²) in [4.78, 5) is 40.7. The molecule has 1 aliphatic carbocycles. The van der Waals surface area contributed by atoms with Gasteiger partial charge in [0.05, 0.1) is 6.54 Å². The maximum absolute atomic E-state index is 16.0.